The molecule has 2 aliphatic rings. The van der Waals surface area contributed by atoms with Crippen LogP contribution in [0.5, 0.6) is 0 Å². The Morgan fingerprint density at radius 2 is 2.06 bits per heavy atom. The third kappa shape index (κ3) is 2.45. The summed E-state index contributed by atoms with van der Waals surface area (Å²) in [5.41, 5.74) is 6.28. The van der Waals surface area contributed by atoms with Gasteiger partial charge >= 0.3 is 0 Å². The number of piperidine rings is 1. The van der Waals surface area contributed by atoms with Gasteiger partial charge in [-0.25, -0.2) is 0 Å². The number of ether oxygens (including phenoxy) is 1. The molecule has 0 aliphatic carbocycles. The van der Waals surface area contributed by atoms with Crippen LogP contribution in [0.2, 0.25) is 0 Å². The largest absolute Gasteiger partial charge is 0.381 e. The average molecular weight is 254 g/mol. The molecule has 106 valence electrons. The highest BCUT2D eigenvalue weighted by atomic mass is 16.5. The number of rotatable bonds is 3. The molecular formula is C15H30N2O. The van der Waals surface area contributed by atoms with Crippen molar-refractivity contribution in [3.8, 4) is 0 Å². The van der Waals surface area contributed by atoms with Crippen molar-refractivity contribution in [1.82, 2.24) is 4.90 Å². The highest BCUT2D eigenvalue weighted by Crippen LogP contribution is 2.38. The maximum atomic E-state index is 6.17. The first-order valence-corrected chi connectivity index (χ1v) is 7.53. The summed E-state index contributed by atoms with van der Waals surface area (Å²) in [6.07, 6.45) is 2.51. The van der Waals surface area contributed by atoms with Gasteiger partial charge < -0.3 is 10.5 Å². The number of nitrogens with two attached hydrogens (primary N) is 1. The van der Waals surface area contributed by atoms with Crippen LogP contribution < -0.4 is 5.73 Å². The zero-order chi connectivity index (χ0) is 13.3. The number of hydrogen-bond acceptors (Lipinski definition) is 3. The fraction of sp³-hybridized carbons (Fsp3) is 1.00. The molecule has 5 unspecified atom stereocenters. The van der Waals surface area contributed by atoms with Gasteiger partial charge in [-0.2, -0.15) is 0 Å². The Hall–Kier alpha value is -0.120. The van der Waals surface area contributed by atoms with Crippen LogP contribution in [-0.4, -0.2) is 42.8 Å². The maximum absolute atomic E-state index is 6.17. The van der Waals surface area contributed by atoms with Crippen LogP contribution in [0, 0.1) is 17.8 Å². The molecule has 2 fully saturated rings. The van der Waals surface area contributed by atoms with E-state index in [2.05, 4.69) is 32.6 Å². The SMILES string of the molecule is CC1CC(C)C(C)N(C(C)(CN)C2CCOC2)C1. The van der Waals surface area contributed by atoms with Gasteiger partial charge in [0.25, 0.3) is 0 Å². The molecule has 0 radical (unpaired) electrons. The summed E-state index contributed by atoms with van der Waals surface area (Å²) < 4.78 is 5.60. The van der Waals surface area contributed by atoms with E-state index in [9.17, 15) is 0 Å². The summed E-state index contributed by atoms with van der Waals surface area (Å²) in [5.74, 6) is 2.15. The Labute approximate surface area is 112 Å². The molecule has 0 aromatic carbocycles. The first kappa shape index (κ1) is 14.3. The van der Waals surface area contributed by atoms with E-state index in [-0.39, 0.29) is 5.54 Å². The monoisotopic (exact) mass is 254 g/mol. The predicted molar refractivity (Wildman–Crippen MR) is 75.5 cm³/mol. The Morgan fingerprint density at radius 1 is 1.33 bits per heavy atom. The molecule has 2 heterocycles. The molecule has 0 aromatic heterocycles. The minimum atomic E-state index is 0.110. The van der Waals surface area contributed by atoms with Crippen LogP contribution in [-0.2, 0) is 4.74 Å². The van der Waals surface area contributed by atoms with Gasteiger partial charge in [0.15, 0.2) is 0 Å². The number of nitrogens with zero attached hydrogens (tertiary/aromatic N) is 1. The Kier molecular flexibility index (Phi) is 4.35. The minimum absolute atomic E-state index is 0.110. The van der Waals surface area contributed by atoms with E-state index in [1.807, 2.05) is 0 Å². The molecule has 2 aliphatic heterocycles. The molecule has 0 saturated carbocycles. The van der Waals surface area contributed by atoms with Gasteiger partial charge in [-0.05, 0) is 38.5 Å². The number of likely N-dealkylation sites (tertiary alicyclic amines) is 1. The maximum Gasteiger partial charge on any atom is 0.0513 e. The Bertz CT molecular complexity index is 278. The van der Waals surface area contributed by atoms with Crippen LogP contribution in [0.1, 0.15) is 40.5 Å². The predicted octanol–water partition coefficient (Wildman–Crippen LogP) is 2.11. The summed E-state index contributed by atoms with van der Waals surface area (Å²) in [6.45, 7) is 13.2. The molecule has 2 N–H and O–H groups in total. The van der Waals surface area contributed by atoms with E-state index in [4.69, 9.17) is 10.5 Å². The average Bonchev–Trinajstić information content (AvgIpc) is 2.87. The lowest BCUT2D eigenvalue weighted by atomic mass is 9.77. The third-order valence-corrected chi connectivity index (χ3v) is 5.48. The van der Waals surface area contributed by atoms with Crippen LogP contribution in [0.25, 0.3) is 0 Å². The van der Waals surface area contributed by atoms with Gasteiger partial charge in [0.2, 0.25) is 0 Å². The van der Waals surface area contributed by atoms with Gasteiger partial charge in [0, 0.05) is 37.2 Å². The topological polar surface area (TPSA) is 38.5 Å². The summed E-state index contributed by atoms with van der Waals surface area (Å²) in [5, 5.41) is 0. The highest BCUT2D eigenvalue weighted by Gasteiger charge is 2.45. The van der Waals surface area contributed by atoms with Crippen LogP contribution in [0.15, 0.2) is 0 Å². The number of hydrogen-bond donors (Lipinski definition) is 1. The van der Waals surface area contributed by atoms with E-state index in [1.54, 1.807) is 0 Å². The molecule has 0 bridgehead atoms. The molecule has 3 heteroatoms. The molecule has 3 nitrogen and oxygen atoms in total. The summed E-state index contributed by atoms with van der Waals surface area (Å²) in [7, 11) is 0. The van der Waals surface area contributed by atoms with Gasteiger partial charge in [-0.3, -0.25) is 4.90 Å². The van der Waals surface area contributed by atoms with Crippen molar-refractivity contribution in [2.45, 2.75) is 52.1 Å². The van der Waals surface area contributed by atoms with E-state index in [0.29, 0.717) is 12.0 Å². The Morgan fingerprint density at radius 3 is 2.61 bits per heavy atom. The standard InChI is InChI=1S/C15H30N2O/c1-11-7-12(2)13(3)17(8-11)15(4,10-16)14-5-6-18-9-14/h11-14H,5-10,16H2,1-4H3. The molecule has 0 spiro atoms. The molecule has 5 atom stereocenters. The van der Waals surface area contributed by atoms with Crippen molar-refractivity contribution in [2.75, 3.05) is 26.3 Å². The van der Waals surface area contributed by atoms with Crippen molar-refractivity contribution in [2.24, 2.45) is 23.5 Å². The fourth-order valence-electron chi connectivity index (χ4n) is 3.93. The molecule has 2 saturated heterocycles. The summed E-state index contributed by atoms with van der Waals surface area (Å²) in [6, 6.07) is 0.635. The molecule has 2 rings (SSSR count). The quantitative estimate of drug-likeness (QED) is 0.838. The van der Waals surface area contributed by atoms with Gasteiger partial charge in [-0.1, -0.05) is 13.8 Å². The van der Waals surface area contributed by atoms with E-state index in [1.165, 1.54) is 19.4 Å². The first-order valence-electron chi connectivity index (χ1n) is 7.53. The van der Waals surface area contributed by atoms with Crippen molar-refractivity contribution in [3.05, 3.63) is 0 Å². The van der Waals surface area contributed by atoms with Crippen LogP contribution in [0.4, 0.5) is 0 Å². The smallest absolute Gasteiger partial charge is 0.0513 e. The van der Waals surface area contributed by atoms with Gasteiger partial charge in [0.1, 0.15) is 0 Å². The second-order valence-electron chi connectivity index (χ2n) is 6.83. The van der Waals surface area contributed by atoms with Crippen LogP contribution in [0.3, 0.4) is 0 Å². The normalized spacial score (nSPS) is 41.8. The van der Waals surface area contributed by atoms with Gasteiger partial charge in [0.05, 0.1) is 6.61 Å². The minimum Gasteiger partial charge on any atom is -0.381 e. The zero-order valence-corrected chi connectivity index (χ0v) is 12.5. The molecule has 0 aromatic rings. The second kappa shape index (κ2) is 5.48. The second-order valence-corrected chi connectivity index (χ2v) is 6.83. The fourth-order valence-corrected chi connectivity index (χ4v) is 3.93. The lowest BCUT2D eigenvalue weighted by Gasteiger charge is -2.53. The third-order valence-electron chi connectivity index (χ3n) is 5.48. The van der Waals surface area contributed by atoms with Crippen molar-refractivity contribution >= 4 is 0 Å². The van der Waals surface area contributed by atoms with Crippen LogP contribution >= 0.6 is 0 Å². The lowest BCUT2D eigenvalue weighted by Crippen LogP contribution is -2.63. The summed E-state index contributed by atoms with van der Waals surface area (Å²) >= 11 is 0. The van der Waals surface area contributed by atoms with Crippen molar-refractivity contribution in [1.29, 1.82) is 0 Å². The molecule has 18 heavy (non-hydrogen) atoms. The Balaban J connectivity index is 2.19. The highest BCUT2D eigenvalue weighted by molar-refractivity contribution is 5.00. The summed E-state index contributed by atoms with van der Waals surface area (Å²) in [4.78, 5) is 2.69. The lowest BCUT2D eigenvalue weighted by molar-refractivity contribution is -0.0390. The van der Waals surface area contributed by atoms with E-state index in [0.717, 1.165) is 31.6 Å². The van der Waals surface area contributed by atoms with Crippen molar-refractivity contribution < 1.29 is 4.74 Å². The van der Waals surface area contributed by atoms with E-state index < -0.39 is 0 Å². The van der Waals surface area contributed by atoms with Crippen molar-refractivity contribution in [3.63, 3.8) is 0 Å². The first-order chi connectivity index (χ1) is 8.49. The van der Waals surface area contributed by atoms with E-state index >= 15 is 0 Å². The zero-order valence-electron chi connectivity index (χ0n) is 12.5. The van der Waals surface area contributed by atoms with Gasteiger partial charge in [-0.15, -0.1) is 0 Å². The molecular weight excluding hydrogens is 224 g/mol. The molecule has 0 amide bonds.